The number of primary amides is 1. The van der Waals surface area contributed by atoms with E-state index in [1.165, 1.54) is 4.90 Å². The minimum Gasteiger partial charge on any atom is -0.480 e. The van der Waals surface area contributed by atoms with Crippen LogP contribution in [0.2, 0.25) is 0 Å². The number of nitrogens with zero attached hydrogens (tertiary/aromatic N) is 2. The van der Waals surface area contributed by atoms with Crippen molar-refractivity contribution in [2.24, 2.45) is 45.7 Å². The quantitative estimate of drug-likeness (QED) is 0.0285. The van der Waals surface area contributed by atoms with Crippen LogP contribution in [-0.4, -0.2) is 119 Å². The van der Waals surface area contributed by atoms with Crippen molar-refractivity contribution in [3.8, 4) is 0 Å². The number of nitrogens with two attached hydrogens (primary N) is 4. The summed E-state index contributed by atoms with van der Waals surface area (Å²) in [5, 5.41) is 22.3. The van der Waals surface area contributed by atoms with Crippen LogP contribution in [0, 0.1) is 17.8 Å². The Labute approximate surface area is 316 Å². The molecular formula is C34H61N11O9. The Morgan fingerprint density at radius 1 is 0.796 bits per heavy atom. The zero-order valence-electron chi connectivity index (χ0n) is 32.2. The van der Waals surface area contributed by atoms with Crippen molar-refractivity contribution in [1.29, 1.82) is 0 Å². The van der Waals surface area contributed by atoms with Gasteiger partial charge in [-0.1, -0.05) is 41.5 Å². The zero-order valence-corrected chi connectivity index (χ0v) is 32.2. The molecule has 0 bridgehead atoms. The van der Waals surface area contributed by atoms with Gasteiger partial charge in [-0.15, -0.1) is 0 Å². The smallest absolute Gasteiger partial charge is 0.326 e. The SMILES string of the molecule is CC(C)C[C@H](N)C(=O)N[C@@H](CCC(N)=O)C(=O)NCC(=O)N[C@H](C(=O)N[C@H](C(=O)N1CCC[C@H]1C(=O)N[C@@H](CCCN=C(N)N)C(=O)O)C(C)C)C(C)C. The first-order valence-electron chi connectivity index (χ1n) is 18.3. The Bertz CT molecular complexity index is 1370. The van der Waals surface area contributed by atoms with Gasteiger partial charge in [0.05, 0.1) is 12.6 Å². The molecule has 54 heavy (non-hydrogen) atoms. The second kappa shape index (κ2) is 22.9. The van der Waals surface area contributed by atoms with Gasteiger partial charge in [-0.2, -0.15) is 0 Å². The second-order valence-corrected chi connectivity index (χ2v) is 14.6. The molecule has 0 spiro atoms. The summed E-state index contributed by atoms with van der Waals surface area (Å²) in [7, 11) is 0. The first-order valence-corrected chi connectivity index (χ1v) is 18.3. The molecule has 306 valence electrons. The standard InChI is InChI=1S/C34H61N11O9/c1-17(2)15-20(35)28(48)41-21(11-12-24(36)46)29(49)40-16-25(47)43-26(18(3)4)31(51)44-27(19(5)6)32(52)45-14-8-10-23(45)30(50)42-22(33(53)54)9-7-13-39-34(37)38/h17-23,26-27H,7-16,35H2,1-6H3,(H2,36,46)(H,40,49)(H,41,48)(H,42,50)(H,43,47)(H,44,51)(H,53,54)(H4,37,38,39)/t20-,21-,22-,23-,26-,27-/m0/s1. The molecule has 6 atom stereocenters. The number of aliphatic imine (C=N–C) groups is 1. The number of rotatable bonds is 23. The Balaban J connectivity index is 2.97. The van der Waals surface area contributed by atoms with E-state index in [-0.39, 0.29) is 57.1 Å². The molecule has 20 nitrogen and oxygen atoms in total. The lowest BCUT2D eigenvalue weighted by molar-refractivity contribution is -0.145. The van der Waals surface area contributed by atoms with Crippen LogP contribution in [0.25, 0.3) is 0 Å². The number of aliphatic carboxylic acids is 1. The maximum atomic E-state index is 13.8. The van der Waals surface area contributed by atoms with Crippen LogP contribution < -0.4 is 49.5 Å². The molecule has 1 aliphatic rings. The topological polar surface area (TPSA) is 337 Å². The summed E-state index contributed by atoms with van der Waals surface area (Å²) in [6, 6.07) is -6.56. The molecule has 0 aromatic rings. The largest absolute Gasteiger partial charge is 0.480 e. The lowest BCUT2D eigenvalue weighted by Crippen LogP contribution is -2.60. The number of hydrogen-bond acceptors (Lipinski definition) is 10. The van der Waals surface area contributed by atoms with E-state index in [9.17, 15) is 43.5 Å². The summed E-state index contributed by atoms with van der Waals surface area (Å²) >= 11 is 0. The molecule has 1 aliphatic heterocycles. The fourth-order valence-corrected chi connectivity index (χ4v) is 5.77. The molecule has 0 aromatic carbocycles. The number of hydrogen-bond donors (Lipinski definition) is 10. The molecule has 1 saturated heterocycles. The zero-order chi connectivity index (χ0) is 41.3. The van der Waals surface area contributed by atoms with Gasteiger partial charge in [-0.3, -0.25) is 38.6 Å². The highest BCUT2D eigenvalue weighted by molar-refractivity contribution is 5.96. The van der Waals surface area contributed by atoms with E-state index >= 15 is 0 Å². The summed E-state index contributed by atoms with van der Waals surface area (Å²) in [6.07, 6.45) is 1.09. The van der Waals surface area contributed by atoms with E-state index in [0.29, 0.717) is 12.8 Å². The van der Waals surface area contributed by atoms with Crippen molar-refractivity contribution in [3.63, 3.8) is 0 Å². The van der Waals surface area contributed by atoms with E-state index in [1.54, 1.807) is 27.7 Å². The number of amides is 7. The summed E-state index contributed by atoms with van der Waals surface area (Å²) in [5.74, 6) is -6.90. The highest BCUT2D eigenvalue weighted by atomic mass is 16.4. The highest BCUT2D eigenvalue weighted by Gasteiger charge is 2.40. The first-order chi connectivity index (χ1) is 25.2. The Hall–Kier alpha value is -5.01. The van der Waals surface area contributed by atoms with Gasteiger partial charge < -0.3 is 59.5 Å². The van der Waals surface area contributed by atoms with Gasteiger partial charge in [0.1, 0.15) is 30.2 Å². The molecule has 0 radical (unpaired) electrons. The van der Waals surface area contributed by atoms with E-state index in [1.807, 2.05) is 13.8 Å². The lowest BCUT2D eigenvalue weighted by Gasteiger charge is -2.32. The molecule has 1 rings (SSSR count). The van der Waals surface area contributed by atoms with Crippen LogP contribution >= 0.6 is 0 Å². The molecular weight excluding hydrogens is 706 g/mol. The average Bonchev–Trinajstić information content (AvgIpc) is 3.57. The predicted octanol–water partition coefficient (Wildman–Crippen LogP) is -2.88. The molecule has 7 amide bonds. The van der Waals surface area contributed by atoms with Gasteiger partial charge in [0.2, 0.25) is 41.4 Å². The number of likely N-dealkylation sites (tertiary alicyclic amines) is 1. The van der Waals surface area contributed by atoms with Crippen LogP contribution in [0.3, 0.4) is 0 Å². The molecule has 1 heterocycles. The van der Waals surface area contributed by atoms with Crippen molar-refractivity contribution in [2.45, 2.75) is 123 Å². The minimum absolute atomic E-state index is 0.0504. The number of nitrogens with one attached hydrogen (secondary N) is 5. The van der Waals surface area contributed by atoms with Crippen LogP contribution in [0.1, 0.15) is 86.5 Å². The summed E-state index contributed by atoms with van der Waals surface area (Å²) in [6.45, 7) is 10.3. The lowest BCUT2D eigenvalue weighted by atomic mass is 9.99. The van der Waals surface area contributed by atoms with E-state index in [2.05, 4.69) is 31.6 Å². The van der Waals surface area contributed by atoms with Gasteiger partial charge in [0.25, 0.3) is 0 Å². The van der Waals surface area contributed by atoms with Gasteiger partial charge in [-0.25, -0.2) is 4.79 Å². The van der Waals surface area contributed by atoms with Crippen molar-refractivity contribution < 1.29 is 43.5 Å². The molecule has 14 N–H and O–H groups in total. The van der Waals surface area contributed by atoms with Gasteiger partial charge >= 0.3 is 5.97 Å². The molecule has 1 fully saturated rings. The monoisotopic (exact) mass is 767 g/mol. The van der Waals surface area contributed by atoms with Crippen molar-refractivity contribution in [1.82, 2.24) is 31.5 Å². The maximum Gasteiger partial charge on any atom is 0.326 e. The first kappa shape index (κ1) is 47.0. The number of carbonyl (C=O) groups is 8. The molecule has 0 unspecified atom stereocenters. The third-order valence-corrected chi connectivity index (χ3v) is 8.69. The average molecular weight is 768 g/mol. The van der Waals surface area contributed by atoms with Crippen LogP contribution in [0.5, 0.6) is 0 Å². The summed E-state index contributed by atoms with van der Waals surface area (Å²) in [5.41, 5.74) is 21.8. The van der Waals surface area contributed by atoms with E-state index in [4.69, 9.17) is 22.9 Å². The number of carboxylic acid groups (broad SMARTS) is 1. The Morgan fingerprint density at radius 3 is 1.96 bits per heavy atom. The molecule has 0 aliphatic carbocycles. The molecule has 0 aromatic heterocycles. The summed E-state index contributed by atoms with van der Waals surface area (Å²) in [4.78, 5) is 108. The van der Waals surface area contributed by atoms with Crippen molar-refractivity contribution in [2.75, 3.05) is 19.6 Å². The van der Waals surface area contributed by atoms with Crippen LogP contribution in [0.15, 0.2) is 4.99 Å². The van der Waals surface area contributed by atoms with Crippen LogP contribution in [-0.2, 0) is 38.4 Å². The highest BCUT2D eigenvalue weighted by Crippen LogP contribution is 2.21. The second-order valence-electron chi connectivity index (χ2n) is 14.6. The number of carboxylic acids is 1. The fourth-order valence-electron chi connectivity index (χ4n) is 5.77. The van der Waals surface area contributed by atoms with Crippen molar-refractivity contribution >= 4 is 53.3 Å². The van der Waals surface area contributed by atoms with Gasteiger partial charge in [0, 0.05) is 19.5 Å². The van der Waals surface area contributed by atoms with E-state index < -0.39 is 102 Å². The van der Waals surface area contributed by atoms with Gasteiger partial charge in [-0.05, 0) is 56.3 Å². The minimum atomic E-state index is -1.26. The molecule has 20 heteroatoms. The van der Waals surface area contributed by atoms with Crippen molar-refractivity contribution in [3.05, 3.63) is 0 Å². The van der Waals surface area contributed by atoms with Gasteiger partial charge in [0.15, 0.2) is 5.96 Å². The predicted molar refractivity (Wildman–Crippen MR) is 199 cm³/mol. The summed E-state index contributed by atoms with van der Waals surface area (Å²) < 4.78 is 0. The molecule has 0 saturated carbocycles. The van der Waals surface area contributed by atoms with E-state index in [0.717, 1.165) is 0 Å². The number of guanidine groups is 1. The van der Waals surface area contributed by atoms with Crippen LogP contribution in [0.4, 0.5) is 0 Å². The number of carbonyl (C=O) groups excluding carboxylic acids is 7. The third kappa shape index (κ3) is 16.3. The Kier molecular flexibility index (Phi) is 20.0. The third-order valence-electron chi connectivity index (χ3n) is 8.69. The Morgan fingerprint density at radius 2 is 1.43 bits per heavy atom. The normalized spacial score (nSPS) is 16.8. The fraction of sp³-hybridized carbons (Fsp3) is 0.735. The maximum absolute atomic E-state index is 13.8.